The Labute approximate surface area is 161 Å². The predicted octanol–water partition coefficient (Wildman–Crippen LogP) is 7.15. The minimum atomic E-state index is 1.02. The van der Waals surface area contributed by atoms with Gasteiger partial charge in [-0.25, -0.2) is 0 Å². The third-order valence-corrected chi connectivity index (χ3v) is 5.74. The standard InChI is InChI=1S/C27H22/c1-2-19-13-8-15-23(20-10-4-3-5-11-20)27(19)25-17-9-16-24-22-14-7-6-12-21(22)18-26(24)25/h3-17H,2,18H2,1H3. The SMILES string of the molecule is CCc1cccc(-c2ccccc2)c1-c1cccc2c1Cc1ccccc1-2. The van der Waals surface area contributed by atoms with E-state index in [4.69, 9.17) is 0 Å². The van der Waals surface area contributed by atoms with E-state index in [9.17, 15) is 0 Å². The van der Waals surface area contributed by atoms with Gasteiger partial charge in [-0.15, -0.1) is 0 Å². The first kappa shape index (κ1) is 16.1. The largest absolute Gasteiger partial charge is 0.0622 e. The van der Waals surface area contributed by atoms with E-state index in [0.29, 0.717) is 0 Å². The molecule has 4 aromatic carbocycles. The molecular formula is C27H22. The van der Waals surface area contributed by atoms with Crippen LogP contribution < -0.4 is 0 Å². The maximum absolute atomic E-state index is 2.31. The van der Waals surface area contributed by atoms with Crippen molar-refractivity contribution in [2.45, 2.75) is 19.8 Å². The highest BCUT2D eigenvalue weighted by Gasteiger charge is 2.23. The lowest BCUT2D eigenvalue weighted by Crippen LogP contribution is -1.96. The van der Waals surface area contributed by atoms with Crippen LogP contribution >= 0.6 is 0 Å². The highest BCUT2D eigenvalue weighted by atomic mass is 14.3. The van der Waals surface area contributed by atoms with Crippen LogP contribution in [-0.2, 0) is 12.8 Å². The van der Waals surface area contributed by atoms with Gasteiger partial charge < -0.3 is 0 Å². The van der Waals surface area contributed by atoms with Crippen LogP contribution in [0.15, 0.2) is 91.0 Å². The molecule has 0 spiro atoms. The van der Waals surface area contributed by atoms with Crippen molar-refractivity contribution < 1.29 is 0 Å². The molecule has 0 N–H and O–H groups in total. The summed E-state index contributed by atoms with van der Waals surface area (Å²) < 4.78 is 0. The van der Waals surface area contributed by atoms with Gasteiger partial charge in [-0.05, 0) is 62.9 Å². The van der Waals surface area contributed by atoms with E-state index in [1.54, 1.807) is 0 Å². The monoisotopic (exact) mass is 346 g/mol. The first-order chi connectivity index (χ1) is 13.4. The molecule has 0 fully saturated rings. The van der Waals surface area contributed by atoms with Crippen LogP contribution in [0.3, 0.4) is 0 Å². The Hall–Kier alpha value is -3.12. The van der Waals surface area contributed by atoms with E-state index >= 15 is 0 Å². The summed E-state index contributed by atoms with van der Waals surface area (Å²) in [4.78, 5) is 0. The van der Waals surface area contributed by atoms with Crippen molar-refractivity contribution in [3.8, 4) is 33.4 Å². The Morgan fingerprint density at radius 3 is 2.11 bits per heavy atom. The van der Waals surface area contributed by atoms with Gasteiger partial charge in [0.05, 0.1) is 0 Å². The second-order valence-electron chi connectivity index (χ2n) is 7.22. The Balaban J connectivity index is 1.78. The van der Waals surface area contributed by atoms with E-state index in [0.717, 1.165) is 12.8 Å². The molecule has 1 aliphatic carbocycles. The van der Waals surface area contributed by atoms with E-state index in [-0.39, 0.29) is 0 Å². The molecule has 0 amide bonds. The molecule has 0 aliphatic heterocycles. The molecule has 27 heavy (non-hydrogen) atoms. The van der Waals surface area contributed by atoms with Crippen molar-refractivity contribution in [3.63, 3.8) is 0 Å². The fourth-order valence-corrected chi connectivity index (χ4v) is 4.46. The molecule has 0 nitrogen and oxygen atoms in total. The Morgan fingerprint density at radius 1 is 0.593 bits per heavy atom. The number of aryl methyl sites for hydroxylation is 1. The summed E-state index contributed by atoms with van der Waals surface area (Å²) >= 11 is 0. The molecule has 4 aromatic rings. The van der Waals surface area contributed by atoms with Crippen LogP contribution in [0.2, 0.25) is 0 Å². The van der Waals surface area contributed by atoms with E-state index in [2.05, 4.69) is 97.9 Å². The Bertz CT molecular complexity index is 1120. The minimum absolute atomic E-state index is 1.02. The number of rotatable bonds is 3. The summed E-state index contributed by atoms with van der Waals surface area (Å²) in [6, 6.07) is 33.2. The molecule has 0 unspecified atom stereocenters. The lowest BCUT2D eigenvalue weighted by atomic mass is 9.86. The van der Waals surface area contributed by atoms with Crippen LogP contribution in [0.1, 0.15) is 23.6 Å². The topological polar surface area (TPSA) is 0 Å². The van der Waals surface area contributed by atoms with Gasteiger partial charge in [0.25, 0.3) is 0 Å². The summed E-state index contributed by atoms with van der Waals surface area (Å²) in [5.74, 6) is 0. The van der Waals surface area contributed by atoms with Crippen LogP contribution in [0.25, 0.3) is 33.4 Å². The number of hydrogen-bond acceptors (Lipinski definition) is 0. The fraction of sp³-hybridized carbons (Fsp3) is 0.111. The molecule has 0 saturated heterocycles. The first-order valence-electron chi connectivity index (χ1n) is 9.74. The minimum Gasteiger partial charge on any atom is -0.0622 e. The van der Waals surface area contributed by atoms with Gasteiger partial charge >= 0.3 is 0 Å². The van der Waals surface area contributed by atoms with Gasteiger partial charge in [-0.1, -0.05) is 97.9 Å². The molecular weight excluding hydrogens is 324 g/mol. The van der Waals surface area contributed by atoms with Crippen molar-refractivity contribution in [1.29, 1.82) is 0 Å². The van der Waals surface area contributed by atoms with E-state index in [1.165, 1.54) is 50.1 Å². The molecule has 0 aromatic heterocycles. The quantitative estimate of drug-likeness (QED) is 0.325. The summed E-state index contributed by atoms with van der Waals surface area (Å²) in [5, 5.41) is 0. The number of fused-ring (bicyclic) bond motifs is 3. The summed E-state index contributed by atoms with van der Waals surface area (Å²) in [6.07, 6.45) is 2.06. The second-order valence-corrected chi connectivity index (χ2v) is 7.22. The van der Waals surface area contributed by atoms with Crippen LogP contribution in [0.4, 0.5) is 0 Å². The third-order valence-electron chi connectivity index (χ3n) is 5.74. The molecule has 5 rings (SSSR count). The molecule has 0 heterocycles. The summed E-state index contributed by atoms with van der Waals surface area (Å²) in [7, 11) is 0. The maximum Gasteiger partial charge on any atom is -0.000728 e. The molecule has 1 aliphatic rings. The maximum atomic E-state index is 2.31. The van der Waals surface area contributed by atoms with E-state index < -0.39 is 0 Å². The average molecular weight is 346 g/mol. The Kier molecular flexibility index (Phi) is 3.90. The van der Waals surface area contributed by atoms with Gasteiger partial charge in [-0.3, -0.25) is 0 Å². The van der Waals surface area contributed by atoms with Gasteiger partial charge in [0.1, 0.15) is 0 Å². The zero-order valence-electron chi connectivity index (χ0n) is 15.6. The van der Waals surface area contributed by atoms with Gasteiger partial charge in [0.15, 0.2) is 0 Å². The summed E-state index contributed by atoms with van der Waals surface area (Å²) in [6.45, 7) is 2.26. The van der Waals surface area contributed by atoms with Gasteiger partial charge in [0, 0.05) is 0 Å². The zero-order chi connectivity index (χ0) is 18.2. The normalized spacial score (nSPS) is 11.9. The van der Waals surface area contributed by atoms with Crippen molar-refractivity contribution in [2.24, 2.45) is 0 Å². The smallest absolute Gasteiger partial charge is 0.000728 e. The first-order valence-corrected chi connectivity index (χ1v) is 9.74. The van der Waals surface area contributed by atoms with Crippen molar-refractivity contribution in [1.82, 2.24) is 0 Å². The second kappa shape index (κ2) is 6.55. The molecule has 130 valence electrons. The molecule has 0 radical (unpaired) electrons. The zero-order valence-corrected chi connectivity index (χ0v) is 15.6. The molecule has 0 heteroatoms. The highest BCUT2D eigenvalue weighted by molar-refractivity contribution is 5.92. The predicted molar refractivity (Wildman–Crippen MR) is 115 cm³/mol. The van der Waals surface area contributed by atoms with Crippen molar-refractivity contribution in [3.05, 3.63) is 108 Å². The fourth-order valence-electron chi connectivity index (χ4n) is 4.46. The molecule has 0 bridgehead atoms. The van der Waals surface area contributed by atoms with E-state index in [1.807, 2.05) is 0 Å². The average Bonchev–Trinajstić information content (AvgIpc) is 3.13. The van der Waals surface area contributed by atoms with Crippen LogP contribution in [0, 0.1) is 0 Å². The third kappa shape index (κ3) is 2.61. The van der Waals surface area contributed by atoms with Crippen molar-refractivity contribution >= 4 is 0 Å². The van der Waals surface area contributed by atoms with Gasteiger partial charge in [-0.2, -0.15) is 0 Å². The lowest BCUT2D eigenvalue weighted by molar-refractivity contribution is 1.14. The van der Waals surface area contributed by atoms with Gasteiger partial charge in [0.2, 0.25) is 0 Å². The van der Waals surface area contributed by atoms with Crippen LogP contribution in [-0.4, -0.2) is 0 Å². The number of benzene rings is 4. The van der Waals surface area contributed by atoms with Crippen molar-refractivity contribution in [2.75, 3.05) is 0 Å². The summed E-state index contributed by atoms with van der Waals surface area (Å²) in [5.41, 5.74) is 12.5. The highest BCUT2D eigenvalue weighted by Crippen LogP contribution is 2.44. The molecule has 0 atom stereocenters. The number of hydrogen-bond donors (Lipinski definition) is 0. The molecule has 0 saturated carbocycles. The Morgan fingerprint density at radius 2 is 1.26 bits per heavy atom. The van der Waals surface area contributed by atoms with Crippen LogP contribution in [0.5, 0.6) is 0 Å². The lowest BCUT2D eigenvalue weighted by Gasteiger charge is -2.18.